The van der Waals surface area contributed by atoms with Crippen LogP contribution < -0.4 is 9.46 Å². The molecule has 0 amide bonds. The van der Waals surface area contributed by atoms with Crippen molar-refractivity contribution in [2.75, 3.05) is 7.11 Å². The molecule has 1 N–H and O–H groups in total. The number of ether oxygens (including phenoxy) is 1. The van der Waals surface area contributed by atoms with Gasteiger partial charge in [-0.15, -0.1) is 0 Å². The van der Waals surface area contributed by atoms with Gasteiger partial charge in [-0.25, -0.2) is 13.1 Å². The van der Waals surface area contributed by atoms with Gasteiger partial charge in [-0.3, -0.25) is 0 Å². The molecule has 0 aliphatic heterocycles. The minimum Gasteiger partial charge on any atom is -0.497 e. The van der Waals surface area contributed by atoms with E-state index in [1.54, 1.807) is 50.4 Å². The predicted octanol–water partition coefficient (Wildman–Crippen LogP) is 3.53. The van der Waals surface area contributed by atoms with Crippen LogP contribution in [0.1, 0.15) is 24.1 Å². The number of rotatable bonds is 6. The van der Waals surface area contributed by atoms with Crippen LogP contribution in [0.2, 0.25) is 5.02 Å². The van der Waals surface area contributed by atoms with Gasteiger partial charge in [0, 0.05) is 11.1 Å². The Kier molecular flexibility index (Phi) is 5.45. The Labute approximate surface area is 136 Å². The monoisotopic (exact) mass is 339 g/mol. The van der Waals surface area contributed by atoms with Crippen LogP contribution in [0, 0.1) is 0 Å². The van der Waals surface area contributed by atoms with Crippen LogP contribution in [-0.4, -0.2) is 15.5 Å². The van der Waals surface area contributed by atoms with E-state index >= 15 is 0 Å². The van der Waals surface area contributed by atoms with E-state index in [9.17, 15) is 8.42 Å². The third-order valence-electron chi connectivity index (χ3n) is 3.24. The number of hydrogen-bond acceptors (Lipinski definition) is 3. The fourth-order valence-corrected chi connectivity index (χ4v) is 3.59. The summed E-state index contributed by atoms with van der Waals surface area (Å²) < 4.78 is 32.2. The number of sulfonamides is 1. The molecule has 22 heavy (non-hydrogen) atoms. The molecule has 118 valence electrons. The molecule has 2 aromatic rings. The summed E-state index contributed by atoms with van der Waals surface area (Å²) in [5.74, 6) is 0.657. The standard InChI is InChI=1S/C16H18ClNO3S/c1-12(14-5-9-16(21-2)10-6-14)18-22(19,20)11-13-3-7-15(17)8-4-13/h3-10,12,18H,11H2,1-2H3/t12-/m0/s1. The van der Waals surface area contributed by atoms with Crippen molar-refractivity contribution in [2.24, 2.45) is 0 Å². The molecule has 0 unspecified atom stereocenters. The summed E-state index contributed by atoms with van der Waals surface area (Å²) in [4.78, 5) is 0. The molecule has 2 rings (SSSR count). The highest BCUT2D eigenvalue weighted by atomic mass is 35.5. The lowest BCUT2D eigenvalue weighted by Gasteiger charge is -2.15. The van der Waals surface area contributed by atoms with Gasteiger partial charge in [0.1, 0.15) is 5.75 Å². The Bertz CT molecular complexity index is 712. The Morgan fingerprint density at radius 3 is 2.23 bits per heavy atom. The summed E-state index contributed by atoms with van der Waals surface area (Å²) in [7, 11) is -1.84. The summed E-state index contributed by atoms with van der Waals surface area (Å²) in [5.41, 5.74) is 1.57. The second-order valence-electron chi connectivity index (χ2n) is 5.00. The predicted molar refractivity (Wildman–Crippen MR) is 88.6 cm³/mol. The molecule has 0 aliphatic rings. The van der Waals surface area contributed by atoms with Crippen molar-refractivity contribution in [3.8, 4) is 5.75 Å². The first-order chi connectivity index (χ1) is 10.4. The van der Waals surface area contributed by atoms with E-state index < -0.39 is 10.0 Å². The quantitative estimate of drug-likeness (QED) is 0.876. The molecule has 0 saturated carbocycles. The van der Waals surface area contributed by atoms with Crippen molar-refractivity contribution < 1.29 is 13.2 Å². The molecule has 4 nitrogen and oxygen atoms in total. The zero-order valence-electron chi connectivity index (χ0n) is 12.4. The van der Waals surface area contributed by atoms with E-state index in [4.69, 9.17) is 16.3 Å². The average molecular weight is 340 g/mol. The molecule has 0 aromatic heterocycles. The maximum atomic E-state index is 12.2. The lowest BCUT2D eigenvalue weighted by atomic mass is 10.1. The van der Waals surface area contributed by atoms with Gasteiger partial charge in [0.05, 0.1) is 12.9 Å². The summed E-state index contributed by atoms with van der Waals surface area (Å²) >= 11 is 5.80. The topological polar surface area (TPSA) is 55.4 Å². The van der Waals surface area contributed by atoms with Crippen molar-refractivity contribution >= 4 is 21.6 Å². The first kappa shape index (κ1) is 16.8. The Morgan fingerprint density at radius 2 is 1.68 bits per heavy atom. The highest BCUT2D eigenvalue weighted by Gasteiger charge is 2.16. The first-order valence-corrected chi connectivity index (χ1v) is 8.81. The minimum absolute atomic E-state index is 0.0787. The van der Waals surface area contributed by atoms with Gasteiger partial charge in [-0.05, 0) is 42.3 Å². The van der Waals surface area contributed by atoms with E-state index in [-0.39, 0.29) is 11.8 Å². The maximum absolute atomic E-state index is 12.2. The van der Waals surface area contributed by atoms with Gasteiger partial charge in [0.2, 0.25) is 10.0 Å². The Hall–Kier alpha value is -1.56. The first-order valence-electron chi connectivity index (χ1n) is 6.78. The summed E-state index contributed by atoms with van der Waals surface area (Å²) in [6.45, 7) is 1.81. The van der Waals surface area contributed by atoms with Crippen LogP contribution in [-0.2, 0) is 15.8 Å². The molecule has 0 radical (unpaired) electrons. The minimum atomic E-state index is -3.43. The molecular formula is C16H18ClNO3S. The van der Waals surface area contributed by atoms with Crippen LogP contribution in [0.4, 0.5) is 0 Å². The van der Waals surface area contributed by atoms with Crippen LogP contribution in [0.5, 0.6) is 5.75 Å². The number of methoxy groups -OCH3 is 1. The molecule has 0 saturated heterocycles. The summed E-state index contributed by atoms with van der Waals surface area (Å²) in [6, 6.07) is 13.8. The number of benzene rings is 2. The molecule has 6 heteroatoms. The number of hydrogen-bond donors (Lipinski definition) is 1. The molecule has 0 heterocycles. The number of nitrogens with one attached hydrogen (secondary N) is 1. The number of halogens is 1. The molecular weight excluding hydrogens is 322 g/mol. The molecule has 1 atom stereocenters. The Morgan fingerprint density at radius 1 is 1.09 bits per heavy atom. The normalized spacial score (nSPS) is 12.9. The van der Waals surface area contributed by atoms with Gasteiger partial charge in [-0.2, -0.15) is 0 Å². The summed E-state index contributed by atoms with van der Waals surface area (Å²) in [5, 5.41) is 0.584. The summed E-state index contributed by atoms with van der Waals surface area (Å²) in [6.07, 6.45) is 0. The lowest BCUT2D eigenvalue weighted by molar-refractivity contribution is 0.414. The maximum Gasteiger partial charge on any atom is 0.216 e. The van der Waals surface area contributed by atoms with Crippen molar-refractivity contribution in [3.63, 3.8) is 0 Å². The van der Waals surface area contributed by atoms with Gasteiger partial charge < -0.3 is 4.74 Å². The highest BCUT2D eigenvalue weighted by molar-refractivity contribution is 7.88. The molecule has 0 bridgehead atoms. The lowest BCUT2D eigenvalue weighted by Crippen LogP contribution is -2.28. The largest absolute Gasteiger partial charge is 0.497 e. The third-order valence-corrected chi connectivity index (χ3v) is 4.92. The van der Waals surface area contributed by atoms with Crippen LogP contribution in [0.25, 0.3) is 0 Å². The van der Waals surface area contributed by atoms with Gasteiger partial charge in [0.15, 0.2) is 0 Å². The third kappa shape index (κ3) is 4.73. The van der Waals surface area contributed by atoms with Gasteiger partial charge in [0.25, 0.3) is 0 Å². The fourth-order valence-electron chi connectivity index (χ4n) is 2.07. The average Bonchev–Trinajstić information content (AvgIpc) is 2.49. The van der Waals surface area contributed by atoms with Crippen molar-refractivity contribution in [1.29, 1.82) is 0 Å². The second kappa shape index (κ2) is 7.13. The second-order valence-corrected chi connectivity index (χ2v) is 7.19. The zero-order chi connectivity index (χ0) is 16.2. The highest BCUT2D eigenvalue weighted by Crippen LogP contribution is 2.19. The molecule has 0 aliphatic carbocycles. The Balaban J connectivity index is 2.05. The van der Waals surface area contributed by atoms with Crippen molar-refractivity contribution in [3.05, 3.63) is 64.7 Å². The van der Waals surface area contributed by atoms with Crippen LogP contribution in [0.15, 0.2) is 48.5 Å². The van der Waals surface area contributed by atoms with Crippen molar-refractivity contribution in [1.82, 2.24) is 4.72 Å². The molecule has 2 aromatic carbocycles. The van der Waals surface area contributed by atoms with Gasteiger partial charge in [-0.1, -0.05) is 35.9 Å². The zero-order valence-corrected chi connectivity index (χ0v) is 14.0. The van der Waals surface area contributed by atoms with Crippen LogP contribution in [0.3, 0.4) is 0 Å². The van der Waals surface area contributed by atoms with Crippen LogP contribution >= 0.6 is 11.6 Å². The molecule has 0 spiro atoms. The van der Waals surface area contributed by atoms with E-state index in [1.807, 2.05) is 12.1 Å². The SMILES string of the molecule is COc1ccc([C@H](C)NS(=O)(=O)Cc2ccc(Cl)cc2)cc1. The van der Waals surface area contributed by atoms with Gasteiger partial charge >= 0.3 is 0 Å². The van der Waals surface area contributed by atoms with E-state index in [1.165, 1.54) is 0 Å². The van der Waals surface area contributed by atoms with Crippen molar-refractivity contribution in [2.45, 2.75) is 18.7 Å². The smallest absolute Gasteiger partial charge is 0.216 e. The molecule has 0 fully saturated rings. The van der Waals surface area contributed by atoms with E-state index in [0.717, 1.165) is 11.3 Å². The van der Waals surface area contributed by atoms with E-state index in [2.05, 4.69) is 4.72 Å². The fraction of sp³-hybridized carbons (Fsp3) is 0.250. The van der Waals surface area contributed by atoms with E-state index in [0.29, 0.717) is 10.6 Å².